The first-order chi connectivity index (χ1) is 7.60. The lowest BCUT2D eigenvalue weighted by molar-refractivity contribution is 0.449. The molecule has 0 aliphatic carbocycles. The highest BCUT2D eigenvalue weighted by atomic mass is 19.1. The van der Waals surface area contributed by atoms with E-state index in [1.54, 1.807) is 0 Å². The summed E-state index contributed by atoms with van der Waals surface area (Å²) in [5.41, 5.74) is -0.0719. The fraction of sp³-hybridized carbons (Fsp3) is 0.500. The minimum Gasteiger partial charge on any atom is -0.310 e. The van der Waals surface area contributed by atoms with Crippen LogP contribution in [0.1, 0.15) is 38.3 Å². The molecule has 0 radical (unpaired) electrons. The van der Waals surface area contributed by atoms with E-state index < -0.39 is 23.5 Å². The molecule has 1 N–H and O–H groups in total. The Morgan fingerprint density at radius 2 is 1.69 bits per heavy atom. The molecule has 0 saturated carbocycles. The molecule has 0 aliphatic rings. The zero-order valence-electron chi connectivity index (χ0n) is 9.49. The molecule has 0 aromatic heterocycles. The lowest BCUT2D eigenvalue weighted by atomic mass is 10.0. The molecule has 1 aromatic carbocycles. The van der Waals surface area contributed by atoms with Crippen molar-refractivity contribution in [1.82, 2.24) is 5.32 Å². The lowest BCUT2D eigenvalue weighted by Gasteiger charge is -2.18. The topological polar surface area (TPSA) is 12.0 Å². The maximum atomic E-state index is 13.5. The highest BCUT2D eigenvalue weighted by Gasteiger charge is 2.19. The van der Waals surface area contributed by atoms with Crippen LogP contribution in [0.5, 0.6) is 0 Å². The zero-order valence-corrected chi connectivity index (χ0v) is 9.49. The van der Waals surface area contributed by atoms with E-state index in [1.165, 1.54) is 0 Å². The van der Waals surface area contributed by atoms with Crippen LogP contribution in [0.25, 0.3) is 0 Å². The van der Waals surface area contributed by atoms with E-state index in [-0.39, 0.29) is 5.56 Å². The summed E-state index contributed by atoms with van der Waals surface area (Å²) in [6.07, 6.45) is 1.43. The standard InChI is InChI=1S/C12H16F3N/c1-3-5-16-11(4-2)12-9(14)6-8(13)7-10(12)15/h6-7,11,16H,3-5H2,1-2H3. The van der Waals surface area contributed by atoms with Gasteiger partial charge in [-0.25, -0.2) is 13.2 Å². The first-order valence-corrected chi connectivity index (χ1v) is 5.48. The van der Waals surface area contributed by atoms with Crippen molar-refractivity contribution in [2.24, 2.45) is 0 Å². The van der Waals surface area contributed by atoms with Crippen LogP contribution in [-0.2, 0) is 0 Å². The smallest absolute Gasteiger partial charge is 0.133 e. The maximum Gasteiger partial charge on any atom is 0.133 e. The predicted octanol–water partition coefficient (Wildman–Crippen LogP) is 3.55. The minimum atomic E-state index is -0.885. The van der Waals surface area contributed by atoms with Gasteiger partial charge in [0, 0.05) is 23.7 Å². The molecule has 1 rings (SSSR count). The summed E-state index contributed by atoms with van der Waals surface area (Å²) in [6, 6.07) is 1.03. The number of benzene rings is 1. The summed E-state index contributed by atoms with van der Waals surface area (Å²) in [4.78, 5) is 0. The third-order valence-corrected chi connectivity index (χ3v) is 2.44. The molecule has 1 aromatic rings. The van der Waals surface area contributed by atoms with E-state index in [9.17, 15) is 13.2 Å². The second-order valence-electron chi connectivity index (χ2n) is 3.70. The van der Waals surface area contributed by atoms with E-state index in [4.69, 9.17) is 0 Å². The molecular weight excluding hydrogens is 215 g/mol. The fourth-order valence-electron chi connectivity index (χ4n) is 1.66. The minimum absolute atomic E-state index is 0.0719. The largest absolute Gasteiger partial charge is 0.310 e. The summed E-state index contributed by atoms with van der Waals surface area (Å²) in [6.45, 7) is 4.47. The number of nitrogens with one attached hydrogen (secondary N) is 1. The Balaban J connectivity index is 2.99. The average Bonchev–Trinajstić information content (AvgIpc) is 2.21. The Morgan fingerprint density at radius 1 is 1.12 bits per heavy atom. The van der Waals surface area contributed by atoms with Gasteiger partial charge < -0.3 is 5.32 Å². The van der Waals surface area contributed by atoms with E-state index in [0.717, 1.165) is 6.42 Å². The van der Waals surface area contributed by atoms with E-state index in [1.807, 2.05) is 13.8 Å². The summed E-state index contributed by atoms with van der Waals surface area (Å²) >= 11 is 0. The Morgan fingerprint density at radius 3 is 2.12 bits per heavy atom. The molecule has 0 heterocycles. The van der Waals surface area contributed by atoms with Crippen molar-refractivity contribution in [3.8, 4) is 0 Å². The molecule has 0 bridgehead atoms. The lowest BCUT2D eigenvalue weighted by Crippen LogP contribution is -2.23. The number of hydrogen-bond acceptors (Lipinski definition) is 1. The van der Waals surface area contributed by atoms with Crippen molar-refractivity contribution in [3.63, 3.8) is 0 Å². The summed E-state index contributed by atoms with van der Waals surface area (Å²) < 4.78 is 39.6. The van der Waals surface area contributed by atoms with Gasteiger partial charge >= 0.3 is 0 Å². The Labute approximate surface area is 93.7 Å². The van der Waals surface area contributed by atoms with E-state index >= 15 is 0 Å². The van der Waals surface area contributed by atoms with Gasteiger partial charge in [-0.2, -0.15) is 0 Å². The van der Waals surface area contributed by atoms with Gasteiger partial charge in [-0.3, -0.25) is 0 Å². The molecule has 0 saturated heterocycles. The first kappa shape index (κ1) is 13.0. The SMILES string of the molecule is CCCNC(CC)c1c(F)cc(F)cc1F. The third-order valence-electron chi connectivity index (χ3n) is 2.44. The first-order valence-electron chi connectivity index (χ1n) is 5.48. The van der Waals surface area contributed by atoms with Crippen LogP contribution in [-0.4, -0.2) is 6.54 Å². The summed E-state index contributed by atoms with van der Waals surface area (Å²) in [7, 11) is 0. The van der Waals surface area contributed by atoms with E-state index in [0.29, 0.717) is 25.1 Å². The van der Waals surface area contributed by atoms with Crippen LogP contribution in [0.2, 0.25) is 0 Å². The molecule has 1 atom stereocenters. The second-order valence-corrected chi connectivity index (χ2v) is 3.70. The molecule has 1 nitrogen and oxygen atoms in total. The fourth-order valence-corrected chi connectivity index (χ4v) is 1.66. The highest BCUT2D eigenvalue weighted by molar-refractivity contribution is 5.24. The van der Waals surface area contributed by atoms with Crippen molar-refractivity contribution >= 4 is 0 Å². The molecule has 0 amide bonds. The Bertz CT molecular complexity index is 329. The number of hydrogen-bond donors (Lipinski definition) is 1. The number of halogens is 3. The van der Waals surface area contributed by atoms with Gasteiger partial charge in [0.15, 0.2) is 0 Å². The zero-order chi connectivity index (χ0) is 12.1. The molecule has 1 unspecified atom stereocenters. The van der Waals surface area contributed by atoms with Crippen molar-refractivity contribution in [3.05, 3.63) is 35.1 Å². The quantitative estimate of drug-likeness (QED) is 0.817. The summed E-state index contributed by atoms with van der Waals surface area (Å²) in [5, 5.41) is 3.03. The average molecular weight is 231 g/mol. The van der Waals surface area contributed by atoms with Gasteiger partial charge in [-0.1, -0.05) is 13.8 Å². The van der Waals surface area contributed by atoms with Crippen molar-refractivity contribution in [2.75, 3.05) is 6.54 Å². The Hall–Kier alpha value is -1.03. The van der Waals surface area contributed by atoms with Crippen LogP contribution < -0.4 is 5.32 Å². The van der Waals surface area contributed by atoms with Crippen LogP contribution in [0.3, 0.4) is 0 Å². The Kier molecular flexibility index (Phi) is 4.80. The monoisotopic (exact) mass is 231 g/mol. The van der Waals surface area contributed by atoms with Gasteiger partial charge in [-0.15, -0.1) is 0 Å². The molecule has 16 heavy (non-hydrogen) atoms. The van der Waals surface area contributed by atoms with Crippen molar-refractivity contribution in [2.45, 2.75) is 32.7 Å². The molecular formula is C12H16F3N. The molecule has 90 valence electrons. The molecule has 4 heteroatoms. The second kappa shape index (κ2) is 5.89. The van der Waals surface area contributed by atoms with E-state index in [2.05, 4.69) is 5.32 Å². The molecule has 0 aliphatic heterocycles. The number of rotatable bonds is 5. The van der Waals surface area contributed by atoms with Crippen LogP contribution in [0.4, 0.5) is 13.2 Å². The van der Waals surface area contributed by atoms with Crippen LogP contribution in [0.15, 0.2) is 12.1 Å². The van der Waals surface area contributed by atoms with Gasteiger partial charge in [0.2, 0.25) is 0 Å². The van der Waals surface area contributed by atoms with Gasteiger partial charge in [-0.05, 0) is 19.4 Å². The summed E-state index contributed by atoms with van der Waals surface area (Å²) in [5.74, 6) is -2.54. The molecule has 0 fully saturated rings. The maximum absolute atomic E-state index is 13.5. The normalized spacial score (nSPS) is 12.8. The molecule has 0 spiro atoms. The van der Waals surface area contributed by atoms with Crippen LogP contribution in [0, 0.1) is 17.5 Å². The predicted molar refractivity (Wildman–Crippen MR) is 57.6 cm³/mol. The van der Waals surface area contributed by atoms with Gasteiger partial charge in [0.25, 0.3) is 0 Å². The van der Waals surface area contributed by atoms with Crippen molar-refractivity contribution < 1.29 is 13.2 Å². The van der Waals surface area contributed by atoms with Gasteiger partial charge in [0.05, 0.1) is 0 Å². The van der Waals surface area contributed by atoms with Gasteiger partial charge in [0.1, 0.15) is 17.5 Å². The van der Waals surface area contributed by atoms with Crippen molar-refractivity contribution in [1.29, 1.82) is 0 Å². The third kappa shape index (κ3) is 2.98. The highest BCUT2D eigenvalue weighted by Crippen LogP contribution is 2.24. The van der Waals surface area contributed by atoms with Crippen LogP contribution >= 0.6 is 0 Å².